The summed E-state index contributed by atoms with van der Waals surface area (Å²) in [7, 11) is 0. The molecule has 0 radical (unpaired) electrons. The van der Waals surface area contributed by atoms with Crippen molar-refractivity contribution < 1.29 is 4.42 Å². The lowest BCUT2D eigenvalue weighted by molar-refractivity contribution is 0.488. The largest absolute Gasteiger partial charge is 0.469 e. The van der Waals surface area contributed by atoms with E-state index in [4.69, 9.17) is 10.2 Å². The second kappa shape index (κ2) is 4.94. The molecule has 1 atom stereocenters. The molecule has 0 bridgehead atoms. The van der Waals surface area contributed by atoms with Crippen molar-refractivity contribution in [2.24, 2.45) is 5.73 Å². The predicted molar refractivity (Wildman–Crippen MR) is 62.9 cm³/mol. The van der Waals surface area contributed by atoms with E-state index in [1.807, 2.05) is 37.4 Å². The Hall–Kier alpha value is -1.61. The van der Waals surface area contributed by atoms with Crippen LogP contribution in [0.25, 0.3) is 0 Å². The summed E-state index contributed by atoms with van der Waals surface area (Å²) in [5.74, 6) is 0.982. The molecule has 2 aromatic heterocycles. The molecule has 3 heteroatoms. The van der Waals surface area contributed by atoms with Gasteiger partial charge in [0.1, 0.15) is 5.76 Å². The number of pyridine rings is 1. The normalized spacial score (nSPS) is 12.6. The Morgan fingerprint density at radius 3 is 2.88 bits per heavy atom. The first-order valence-corrected chi connectivity index (χ1v) is 5.46. The van der Waals surface area contributed by atoms with Crippen LogP contribution >= 0.6 is 0 Å². The van der Waals surface area contributed by atoms with Gasteiger partial charge >= 0.3 is 0 Å². The van der Waals surface area contributed by atoms with Crippen LogP contribution < -0.4 is 5.73 Å². The standard InChI is InChI=1S/C13H16N2O/c1-10-4-5-11(9-15-10)13(14)7-6-12-3-2-8-16-12/h2-5,8-9,13H,6-7,14H2,1H3. The van der Waals surface area contributed by atoms with E-state index in [-0.39, 0.29) is 6.04 Å². The number of furan rings is 1. The molecule has 3 nitrogen and oxygen atoms in total. The van der Waals surface area contributed by atoms with Crippen LogP contribution in [0.15, 0.2) is 41.1 Å². The molecule has 0 spiro atoms. The van der Waals surface area contributed by atoms with Crippen LogP contribution in [0.1, 0.15) is 29.5 Å². The zero-order chi connectivity index (χ0) is 11.4. The van der Waals surface area contributed by atoms with E-state index in [9.17, 15) is 0 Å². The summed E-state index contributed by atoms with van der Waals surface area (Å²) in [4.78, 5) is 4.24. The molecule has 0 aliphatic rings. The van der Waals surface area contributed by atoms with Crippen LogP contribution in [0, 0.1) is 6.92 Å². The molecule has 0 saturated heterocycles. The third kappa shape index (κ3) is 2.70. The summed E-state index contributed by atoms with van der Waals surface area (Å²) in [6, 6.07) is 7.92. The lowest BCUT2D eigenvalue weighted by Crippen LogP contribution is -2.11. The maximum atomic E-state index is 6.08. The lowest BCUT2D eigenvalue weighted by atomic mass is 10.0. The van der Waals surface area contributed by atoms with Crippen LogP contribution in [0.5, 0.6) is 0 Å². The number of nitrogens with zero attached hydrogens (tertiary/aromatic N) is 1. The Balaban J connectivity index is 1.93. The molecular formula is C13H16N2O. The van der Waals surface area contributed by atoms with Gasteiger partial charge in [-0.3, -0.25) is 4.98 Å². The average Bonchev–Trinajstić information content (AvgIpc) is 2.80. The minimum atomic E-state index is 0.0261. The summed E-state index contributed by atoms with van der Waals surface area (Å²) in [5.41, 5.74) is 8.18. The van der Waals surface area contributed by atoms with Crippen LogP contribution in [0.2, 0.25) is 0 Å². The Morgan fingerprint density at radius 1 is 1.38 bits per heavy atom. The maximum absolute atomic E-state index is 6.08. The molecule has 0 aromatic carbocycles. The van der Waals surface area contributed by atoms with Gasteiger partial charge in [0.15, 0.2) is 0 Å². The molecule has 0 aliphatic carbocycles. The van der Waals surface area contributed by atoms with Crippen LogP contribution in [0.3, 0.4) is 0 Å². The van der Waals surface area contributed by atoms with Crippen molar-refractivity contribution in [3.05, 3.63) is 53.7 Å². The molecule has 2 aromatic rings. The van der Waals surface area contributed by atoms with Crippen LogP contribution in [-0.4, -0.2) is 4.98 Å². The van der Waals surface area contributed by atoms with Crippen LogP contribution in [-0.2, 0) is 6.42 Å². The van der Waals surface area contributed by atoms with Gasteiger partial charge in [-0.2, -0.15) is 0 Å². The van der Waals surface area contributed by atoms with E-state index in [2.05, 4.69) is 4.98 Å². The van der Waals surface area contributed by atoms with Gasteiger partial charge in [0.05, 0.1) is 6.26 Å². The van der Waals surface area contributed by atoms with Gasteiger partial charge < -0.3 is 10.2 Å². The SMILES string of the molecule is Cc1ccc(C(N)CCc2ccco2)cn1. The molecule has 0 saturated carbocycles. The van der Waals surface area contributed by atoms with E-state index >= 15 is 0 Å². The van der Waals surface area contributed by atoms with Gasteiger partial charge in [-0.15, -0.1) is 0 Å². The number of aryl methyl sites for hydroxylation is 2. The third-order valence-corrected chi connectivity index (χ3v) is 2.64. The topological polar surface area (TPSA) is 52.0 Å². The quantitative estimate of drug-likeness (QED) is 0.854. The Labute approximate surface area is 95.3 Å². The van der Waals surface area contributed by atoms with Crippen molar-refractivity contribution >= 4 is 0 Å². The van der Waals surface area contributed by atoms with Gasteiger partial charge in [0.2, 0.25) is 0 Å². The van der Waals surface area contributed by atoms with Gasteiger partial charge in [0.25, 0.3) is 0 Å². The zero-order valence-corrected chi connectivity index (χ0v) is 9.39. The summed E-state index contributed by atoms with van der Waals surface area (Å²) >= 11 is 0. The molecule has 16 heavy (non-hydrogen) atoms. The molecule has 2 N–H and O–H groups in total. The first kappa shape index (κ1) is 10.9. The van der Waals surface area contributed by atoms with Crippen LogP contribution in [0.4, 0.5) is 0 Å². The second-order valence-corrected chi connectivity index (χ2v) is 3.96. The van der Waals surface area contributed by atoms with E-state index in [0.29, 0.717) is 0 Å². The molecule has 1 unspecified atom stereocenters. The van der Waals surface area contributed by atoms with Gasteiger partial charge in [-0.05, 0) is 37.1 Å². The summed E-state index contributed by atoms with van der Waals surface area (Å²) in [6.45, 7) is 1.97. The van der Waals surface area contributed by atoms with E-state index in [1.165, 1.54) is 0 Å². The maximum Gasteiger partial charge on any atom is 0.103 e. The fraction of sp³-hybridized carbons (Fsp3) is 0.308. The van der Waals surface area contributed by atoms with Crippen molar-refractivity contribution in [2.45, 2.75) is 25.8 Å². The van der Waals surface area contributed by atoms with Crippen molar-refractivity contribution in [3.63, 3.8) is 0 Å². The Morgan fingerprint density at radius 2 is 2.25 bits per heavy atom. The Kier molecular flexibility index (Phi) is 3.37. The molecule has 0 fully saturated rings. The highest BCUT2D eigenvalue weighted by Crippen LogP contribution is 2.16. The van der Waals surface area contributed by atoms with Gasteiger partial charge in [0, 0.05) is 24.4 Å². The van der Waals surface area contributed by atoms with Gasteiger partial charge in [-0.25, -0.2) is 0 Å². The zero-order valence-electron chi connectivity index (χ0n) is 9.39. The lowest BCUT2D eigenvalue weighted by Gasteiger charge is -2.10. The van der Waals surface area contributed by atoms with E-state index < -0.39 is 0 Å². The number of aromatic nitrogens is 1. The van der Waals surface area contributed by atoms with Gasteiger partial charge in [-0.1, -0.05) is 6.07 Å². The third-order valence-electron chi connectivity index (χ3n) is 2.64. The second-order valence-electron chi connectivity index (χ2n) is 3.96. The smallest absolute Gasteiger partial charge is 0.103 e. The fourth-order valence-corrected chi connectivity index (χ4v) is 1.62. The molecule has 84 valence electrons. The minimum absolute atomic E-state index is 0.0261. The molecular weight excluding hydrogens is 200 g/mol. The highest BCUT2D eigenvalue weighted by atomic mass is 16.3. The molecule has 0 aliphatic heterocycles. The number of hydrogen-bond donors (Lipinski definition) is 1. The summed E-state index contributed by atoms with van der Waals surface area (Å²) in [5, 5.41) is 0. The highest BCUT2D eigenvalue weighted by molar-refractivity contribution is 5.17. The molecule has 2 rings (SSSR count). The van der Waals surface area contributed by atoms with E-state index in [0.717, 1.165) is 29.9 Å². The minimum Gasteiger partial charge on any atom is -0.469 e. The molecule has 2 heterocycles. The summed E-state index contributed by atoms with van der Waals surface area (Å²) in [6.07, 6.45) is 5.27. The predicted octanol–water partition coefficient (Wildman–Crippen LogP) is 2.62. The number of hydrogen-bond acceptors (Lipinski definition) is 3. The first-order valence-electron chi connectivity index (χ1n) is 5.46. The van der Waals surface area contributed by atoms with Crippen molar-refractivity contribution in [1.82, 2.24) is 4.98 Å². The Bertz CT molecular complexity index is 420. The highest BCUT2D eigenvalue weighted by Gasteiger charge is 2.07. The fourth-order valence-electron chi connectivity index (χ4n) is 1.62. The summed E-state index contributed by atoms with van der Waals surface area (Å²) < 4.78 is 5.27. The van der Waals surface area contributed by atoms with E-state index in [1.54, 1.807) is 6.26 Å². The monoisotopic (exact) mass is 216 g/mol. The van der Waals surface area contributed by atoms with Crippen molar-refractivity contribution in [3.8, 4) is 0 Å². The number of rotatable bonds is 4. The number of nitrogens with two attached hydrogens (primary N) is 1. The van der Waals surface area contributed by atoms with Crippen molar-refractivity contribution in [1.29, 1.82) is 0 Å². The average molecular weight is 216 g/mol. The first-order chi connectivity index (χ1) is 7.75. The van der Waals surface area contributed by atoms with Crippen molar-refractivity contribution in [2.75, 3.05) is 0 Å². The molecule has 0 amide bonds.